The van der Waals surface area contributed by atoms with Gasteiger partial charge in [-0.2, -0.15) is 5.10 Å². The van der Waals surface area contributed by atoms with Crippen molar-refractivity contribution in [2.75, 3.05) is 17.7 Å². The fraction of sp³-hybridized carbons (Fsp3) is 0.0556. The number of rotatable bonds is 3. The first-order valence-electron chi connectivity index (χ1n) is 7.87. The zero-order chi connectivity index (χ0) is 18.1. The number of hydrogen-bond donors (Lipinski definition) is 4. The molecule has 130 valence electrons. The molecule has 4 N–H and O–H groups in total. The van der Waals surface area contributed by atoms with E-state index in [9.17, 15) is 9.59 Å². The summed E-state index contributed by atoms with van der Waals surface area (Å²) in [4.78, 5) is 27.4. The zero-order valence-electron chi connectivity index (χ0n) is 13.8. The van der Waals surface area contributed by atoms with Crippen LogP contribution in [0, 0.1) is 0 Å². The molecule has 4 aromatic rings. The van der Waals surface area contributed by atoms with Gasteiger partial charge in [-0.3, -0.25) is 15.2 Å². The molecule has 0 aliphatic rings. The molecule has 0 saturated carbocycles. The van der Waals surface area contributed by atoms with E-state index < -0.39 is 6.03 Å². The molecule has 0 fully saturated rings. The molecule has 0 spiro atoms. The quantitative estimate of drug-likeness (QED) is 0.455. The van der Waals surface area contributed by atoms with Crippen LogP contribution in [0.25, 0.3) is 21.8 Å². The first-order valence-corrected chi connectivity index (χ1v) is 7.87. The fourth-order valence-electron chi connectivity index (χ4n) is 2.79. The summed E-state index contributed by atoms with van der Waals surface area (Å²) in [6.07, 6.45) is 0. The molecule has 2 heterocycles. The van der Waals surface area contributed by atoms with Gasteiger partial charge in [-0.05, 0) is 30.3 Å². The van der Waals surface area contributed by atoms with E-state index in [-0.39, 0.29) is 11.4 Å². The number of pyridine rings is 1. The van der Waals surface area contributed by atoms with Gasteiger partial charge in [-0.15, -0.1) is 0 Å². The number of para-hydroxylation sites is 1. The SMILES string of the molecule is COc1ccc(NC(=O)Nc2n[nH]c3c2c(=O)[nH]c2ccccc23)cc1. The van der Waals surface area contributed by atoms with E-state index in [1.165, 1.54) is 0 Å². The Morgan fingerprint density at radius 1 is 1.08 bits per heavy atom. The summed E-state index contributed by atoms with van der Waals surface area (Å²) in [5.74, 6) is 0.852. The number of anilines is 2. The lowest BCUT2D eigenvalue weighted by molar-refractivity contribution is 0.262. The number of amides is 2. The van der Waals surface area contributed by atoms with Crippen molar-refractivity contribution in [2.24, 2.45) is 0 Å². The van der Waals surface area contributed by atoms with Gasteiger partial charge in [-0.25, -0.2) is 4.79 Å². The van der Waals surface area contributed by atoms with E-state index in [1.54, 1.807) is 37.4 Å². The molecule has 0 bridgehead atoms. The van der Waals surface area contributed by atoms with Crippen molar-refractivity contribution < 1.29 is 9.53 Å². The second-order valence-corrected chi connectivity index (χ2v) is 5.63. The van der Waals surface area contributed by atoms with E-state index in [1.807, 2.05) is 18.2 Å². The molecule has 26 heavy (non-hydrogen) atoms. The average molecular weight is 349 g/mol. The number of urea groups is 1. The Balaban J connectivity index is 1.63. The van der Waals surface area contributed by atoms with Gasteiger partial charge < -0.3 is 15.0 Å². The zero-order valence-corrected chi connectivity index (χ0v) is 13.8. The second-order valence-electron chi connectivity index (χ2n) is 5.63. The van der Waals surface area contributed by atoms with E-state index >= 15 is 0 Å². The summed E-state index contributed by atoms with van der Waals surface area (Å²) < 4.78 is 5.08. The van der Waals surface area contributed by atoms with Crippen molar-refractivity contribution in [3.8, 4) is 5.75 Å². The third-order valence-corrected chi connectivity index (χ3v) is 4.02. The van der Waals surface area contributed by atoms with Crippen LogP contribution in [0.1, 0.15) is 0 Å². The van der Waals surface area contributed by atoms with Crippen LogP contribution in [-0.2, 0) is 0 Å². The van der Waals surface area contributed by atoms with Gasteiger partial charge in [0, 0.05) is 11.1 Å². The highest BCUT2D eigenvalue weighted by Crippen LogP contribution is 2.23. The number of aromatic amines is 2. The lowest BCUT2D eigenvalue weighted by Gasteiger charge is -2.07. The van der Waals surface area contributed by atoms with E-state index in [4.69, 9.17) is 4.74 Å². The van der Waals surface area contributed by atoms with Crippen LogP contribution in [0.5, 0.6) is 5.75 Å². The highest BCUT2D eigenvalue weighted by molar-refractivity contribution is 6.10. The van der Waals surface area contributed by atoms with Gasteiger partial charge in [0.05, 0.1) is 18.1 Å². The Labute approximate surface area is 147 Å². The number of H-pyrrole nitrogens is 2. The van der Waals surface area contributed by atoms with Crippen LogP contribution in [0.3, 0.4) is 0 Å². The Morgan fingerprint density at radius 3 is 2.62 bits per heavy atom. The summed E-state index contributed by atoms with van der Waals surface area (Å²) in [6, 6.07) is 13.8. The maximum atomic E-state index is 12.4. The predicted molar refractivity (Wildman–Crippen MR) is 99.9 cm³/mol. The van der Waals surface area contributed by atoms with Crippen molar-refractivity contribution in [1.82, 2.24) is 15.2 Å². The maximum absolute atomic E-state index is 12.4. The monoisotopic (exact) mass is 349 g/mol. The number of carbonyl (C=O) groups excluding carboxylic acids is 1. The van der Waals surface area contributed by atoms with Crippen molar-refractivity contribution >= 4 is 39.3 Å². The minimum atomic E-state index is -0.504. The molecule has 4 rings (SSSR count). The summed E-state index contributed by atoms with van der Waals surface area (Å²) in [5, 5.41) is 13.3. The first kappa shape index (κ1) is 15.7. The second kappa shape index (κ2) is 6.25. The van der Waals surface area contributed by atoms with Gasteiger partial charge in [0.1, 0.15) is 11.1 Å². The average Bonchev–Trinajstić information content (AvgIpc) is 3.07. The third-order valence-electron chi connectivity index (χ3n) is 4.02. The number of fused-ring (bicyclic) bond motifs is 3. The summed E-state index contributed by atoms with van der Waals surface area (Å²) in [5.41, 5.74) is 1.53. The molecule has 0 aliphatic carbocycles. The van der Waals surface area contributed by atoms with Crippen molar-refractivity contribution in [1.29, 1.82) is 0 Å². The number of benzene rings is 2. The minimum Gasteiger partial charge on any atom is -0.497 e. The largest absolute Gasteiger partial charge is 0.497 e. The molecule has 0 unspecified atom stereocenters. The van der Waals surface area contributed by atoms with Crippen LogP contribution in [0.2, 0.25) is 0 Å². The van der Waals surface area contributed by atoms with Crippen LogP contribution >= 0.6 is 0 Å². The molecule has 2 aromatic heterocycles. The smallest absolute Gasteiger partial charge is 0.324 e. The number of nitrogens with one attached hydrogen (secondary N) is 4. The molecule has 8 heteroatoms. The Bertz CT molecular complexity index is 1160. The fourth-order valence-corrected chi connectivity index (χ4v) is 2.79. The number of methoxy groups -OCH3 is 1. The minimum absolute atomic E-state index is 0.165. The topological polar surface area (TPSA) is 112 Å². The van der Waals surface area contributed by atoms with Crippen molar-refractivity contribution in [3.63, 3.8) is 0 Å². The van der Waals surface area contributed by atoms with E-state index in [2.05, 4.69) is 25.8 Å². The first-order chi connectivity index (χ1) is 12.7. The van der Waals surface area contributed by atoms with Crippen LogP contribution in [-0.4, -0.2) is 28.3 Å². The molecule has 0 saturated heterocycles. The van der Waals surface area contributed by atoms with Gasteiger partial charge in [0.25, 0.3) is 5.56 Å². The number of hydrogen-bond acceptors (Lipinski definition) is 4. The van der Waals surface area contributed by atoms with Crippen molar-refractivity contribution in [3.05, 3.63) is 58.9 Å². The van der Waals surface area contributed by atoms with Crippen LogP contribution < -0.4 is 20.9 Å². The molecule has 2 amide bonds. The van der Waals surface area contributed by atoms with Gasteiger partial charge in [0.2, 0.25) is 0 Å². The molecule has 0 atom stereocenters. The normalized spacial score (nSPS) is 10.8. The van der Waals surface area contributed by atoms with E-state index in [0.29, 0.717) is 27.9 Å². The summed E-state index contributed by atoms with van der Waals surface area (Å²) in [7, 11) is 1.57. The Kier molecular flexibility index (Phi) is 3.77. The van der Waals surface area contributed by atoms with Gasteiger partial charge in [-0.1, -0.05) is 18.2 Å². The summed E-state index contributed by atoms with van der Waals surface area (Å²) >= 11 is 0. The maximum Gasteiger partial charge on any atom is 0.324 e. The number of aromatic nitrogens is 3. The van der Waals surface area contributed by atoms with Gasteiger partial charge in [0.15, 0.2) is 5.82 Å². The number of nitrogens with zero attached hydrogens (tertiary/aromatic N) is 1. The highest BCUT2D eigenvalue weighted by Gasteiger charge is 2.15. The molecule has 0 radical (unpaired) electrons. The Hall–Kier alpha value is -3.81. The summed E-state index contributed by atoms with van der Waals surface area (Å²) in [6.45, 7) is 0. The molecule has 2 aromatic carbocycles. The molecular weight excluding hydrogens is 334 g/mol. The molecular formula is C18H15N5O3. The van der Waals surface area contributed by atoms with Crippen LogP contribution in [0.4, 0.5) is 16.3 Å². The molecule has 8 nitrogen and oxygen atoms in total. The number of carbonyl (C=O) groups is 1. The third kappa shape index (κ3) is 2.73. The lowest BCUT2D eigenvalue weighted by atomic mass is 10.1. The molecule has 0 aliphatic heterocycles. The highest BCUT2D eigenvalue weighted by atomic mass is 16.5. The van der Waals surface area contributed by atoms with Crippen molar-refractivity contribution in [2.45, 2.75) is 0 Å². The number of ether oxygens (including phenoxy) is 1. The van der Waals surface area contributed by atoms with E-state index in [0.717, 1.165) is 5.39 Å². The standard InChI is InChI=1S/C18H15N5O3/c1-26-11-8-6-10(7-9-11)19-18(25)21-16-14-15(22-23-16)12-4-2-3-5-13(12)20-17(14)24/h2-9H,1H3,(H,20,24)(H3,19,21,22,23,25). The van der Waals surface area contributed by atoms with Gasteiger partial charge >= 0.3 is 6.03 Å². The Morgan fingerprint density at radius 2 is 1.85 bits per heavy atom. The lowest BCUT2D eigenvalue weighted by Crippen LogP contribution is -2.20. The van der Waals surface area contributed by atoms with Crippen LogP contribution in [0.15, 0.2) is 53.3 Å². The predicted octanol–water partition coefficient (Wildman–Crippen LogP) is 3.06.